The molecule has 0 fully saturated rings. The molecule has 0 unspecified atom stereocenters. The molecule has 0 aliphatic carbocycles. The van der Waals surface area contributed by atoms with Crippen LogP contribution in [0.3, 0.4) is 0 Å². The van der Waals surface area contributed by atoms with Crippen molar-refractivity contribution in [2.75, 3.05) is 7.11 Å². The summed E-state index contributed by atoms with van der Waals surface area (Å²) in [5.74, 6) is -0.0641. The molecule has 4 nitrogen and oxygen atoms in total. The lowest BCUT2D eigenvalue weighted by atomic mass is 10.2. The summed E-state index contributed by atoms with van der Waals surface area (Å²) in [4.78, 5) is 15.8. The second-order valence-electron chi connectivity index (χ2n) is 4.27. The van der Waals surface area contributed by atoms with Gasteiger partial charge in [0.05, 0.1) is 7.11 Å². The molecule has 5 heteroatoms. The normalized spacial score (nSPS) is 10.6. The third-order valence-electron chi connectivity index (χ3n) is 2.79. The zero-order valence-corrected chi connectivity index (χ0v) is 11.5. The number of rotatable bonds is 5. The number of nitrogens with one attached hydrogen (secondary N) is 1. The van der Waals surface area contributed by atoms with Crippen LogP contribution in [0.25, 0.3) is 6.08 Å². The van der Waals surface area contributed by atoms with Crippen molar-refractivity contribution in [1.29, 1.82) is 0 Å². The third-order valence-corrected chi connectivity index (χ3v) is 2.79. The van der Waals surface area contributed by atoms with Crippen LogP contribution in [-0.4, -0.2) is 18.0 Å². The highest BCUT2D eigenvalue weighted by Gasteiger charge is 2.04. The number of hydrogen-bond acceptors (Lipinski definition) is 3. The summed E-state index contributed by atoms with van der Waals surface area (Å²) in [5, 5.41) is 2.74. The first-order chi connectivity index (χ1) is 10.2. The van der Waals surface area contributed by atoms with Gasteiger partial charge in [-0.15, -0.1) is 0 Å². The van der Waals surface area contributed by atoms with E-state index in [0.29, 0.717) is 12.4 Å². The molecule has 0 atom stereocenters. The minimum absolute atomic E-state index is 0.245. The molecule has 0 saturated carbocycles. The van der Waals surface area contributed by atoms with Gasteiger partial charge in [-0.05, 0) is 29.8 Å². The highest BCUT2D eigenvalue weighted by molar-refractivity contribution is 5.91. The Labute approximate surface area is 122 Å². The molecule has 1 heterocycles. The van der Waals surface area contributed by atoms with E-state index in [1.807, 2.05) is 6.07 Å². The van der Waals surface area contributed by atoms with Crippen molar-refractivity contribution in [2.45, 2.75) is 6.54 Å². The molecule has 108 valence electrons. The standard InChI is InChI=1S/C16H15FN2O2/c1-21-16-13(3-2-10-18-16)11-19-15(20)9-6-12-4-7-14(17)8-5-12/h2-10H,11H2,1H3,(H,19,20)/b9-6-. The number of carbonyl (C=O) groups is 1. The van der Waals surface area contributed by atoms with Crippen LogP contribution in [-0.2, 0) is 11.3 Å². The quantitative estimate of drug-likeness (QED) is 0.859. The van der Waals surface area contributed by atoms with Crippen molar-refractivity contribution in [3.05, 3.63) is 65.6 Å². The largest absolute Gasteiger partial charge is 0.481 e. The smallest absolute Gasteiger partial charge is 0.244 e. The number of benzene rings is 1. The molecule has 0 radical (unpaired) electrons. The zero-order valence-electron chi connectivity index (χ0n) is 11.5. The summed E-state index contributed by atoms with van der Waals surface area (Å²) in [7, 11) is 1.53. The molecule has 0 saturated heterocycles. The van der Waals surface area contributed by atoms with Gasteiger partial charge in [0, 0.05) is 24.4 Å². The first kappa shape index (κ1) is 14.7. The van der Waals surface area contributed by atoms with Crippen molar-refractivity contribution >= 4 is 12.0 Å². The molecule has 0 bridgehead atoms. The lowest BCUT2D eigenvalue weighted by Gasteiger charge is -2.06. The fourth-order valence-electron chi connectivity index (χ4n) is 1.73. The van der Waals surface area contributed by atoms with E-state index in [2.05, 4.69) is 10.3 Å². The molecule has 2 aromatic rings. The average molecular weight is 286 g/mol. The Morgan fingerprint density at radius 3 is 2.81 bits per heavy atom. The molecule has 1 N–H and O–H groups in total. The number of amides is 1. The predicted molar refractivity (Wildman–Crippen MR) is 78.1 cm³/mol. The highest BCUT2D eigenvalue weighted by Crippen LogP contribution is 2.12. The van der Waals surface area contributed by atoms with Gasteiger partial charge in [0.2, 0.25) is 11.8 Å². The van der Waals surface area contributed by atoms with Gasteiger partial charge in [-0.3, -0.25) is 4.79 Å². The molecule has 0 aliphatic heterocycles. The van der Waals surface area contributed by atoms with Crippen LogP contribution in [0.5, 0.6) is 5.88 Å². The summed E-state index contributed by atoms with van der Waals surface area (Å²) >= 11 is 0. The van der Waals surface area contributed by atoms with Gasteiger partial charge in [0.25, 0.3) is 0 Å². The first-order valence-corrected chi connectivity index (χ1v) is 6.38. The molecular weight excluding hydrogens is 271 g/mol. The minimum Gasteiger partial charge on any atom is -0.481 e. The molecule has 21 heavy (non-hydrogen) atoms. The number of nitrogens with zero attached hydrogens (tertiary/aromatic N) is 1. The summed E-state index contributed by atoms with van der Waals surface area (Å²) in [6.45, 7) is 0.323. The maximum atomic E-state index is 12.7. The van der Waals surface area contributed by atoms with E-state index in [-0.39, 0.29) is 11.7 Å². The van der Waals surface area contributed by atoms with E-state index in [0.717, 1.165) is 11.1 Å². The Kier molecular flexibility index (Phi) is 5.04. The first-order valence-electron chi connectivity index (χ1n) is 6.38. The number of pyridine rings is 1. The second kappa shape index (κ2) is 7.19. The molecule has 1 aromatic heterocycles. The summed E-state index contributed by atoms with van der Waals surface area (Å²) < 4.78 is 17.8. The Balaban J connectivity index is 1.91. The van der Waals surface area contributed by atoms with E-state index in [9.17, 15) is 9.18 Å². The van der Waals surface area contributed by atoms with Crippen molar-refractivity contribution in [3.63, 3.8) is 0 Å². The van der Waals surface area contributed by atoms with Crippen LogP contribution in [0.2, 0.25) is 0 Å². The SMILES string of the molecule is COc1ncccc1CNC(=O)/C=C\c1ccc(F)cc1. The van der Waals surface area contributed by atoms with Crippen LogP contribution in [0.4, 0.5) is 4.39 Å². The van der Waals surface area contributed by atoms with E-state index in [4.69, 9.17) is 4.74 Å². The van der Waals surface area contributed by atoms with Crippen molar-refractivity contribution in [3.8, 4) is 5.88 Å². The second-order valence-corrected chi connectivity index (χ2v) is 4.27. The minimum atomic E-state index is -0.305. The van der Waals surface area contributed by atoms with E-state index >= 15 is 0 Å². The molecule has 0 spiro atoms. The van der Waals surface area contributed by atoms with Crippen LogP contribution >= 0.6 is 0 Å². The maximum Gasteiger partial charge on any atom is 0.244 e. The van der Waals surface area contributed by atoms with Crippen LogP contribution in [0.1, 0.15) is 11.1 Å². The fraction of sp³-hybridized carbons (Fsp3) is 0.125. The summed E-state index contributed by atoms with van der Waals surface area (Å²) in [5.41, 5.74) is 1.55. The maximum absolute atomic E-state index is 12.7. The molecule has 2 rings (SSSR count). The number of aromatic nitrogens is 1. The lowest BCUT2D eigenvalue weighted by molar-refractivity contribution is -0.116. The highest BCUT2D eigenvalue weighted by atomic mass is 19.1. The summed E-state index contributed by atoms with van der Waals surface area (Å²) in [6, 6.07) is 9.50. The number of methoxy groups -OCH3 is 1. The zero-order chi connectivity index (χ0) is 15.1. The van der Waals surface area contributed by atoms with Gasteiger partial charge in [-0.1, -0.05) is 18.2 Å². The number of ether oxygens (including phenoxy) is 1. The predicted octanol–water partition coefficient (Wildman–Crippen LogP) is 2.56. The molecule has 1 amide bonds. The Bertz CT molecular complexity index is 639. The van der Waals surface area contributed by atoms with Crippen molar-refractivity contribution in [1.82, 2.24) is 10.3 Å². The van der Waals surface area contributed by atoms with Gasteiger partial charge in [-0.2, -0.15) is 0 Å². The van der Waals surface area contributed by atoms with Crippen LogP contribution < -0.4 is 10.1 Å². The number of hydrogen-bond donors (Lipinski definition) is 1. The Morgan fingerprint density at radius 2 is 2.10 bits per heavy atom. The lowest BCUT2D eigenvalue weighted by Crippen LogP contribution is -2.20. The average Bonchev–Trinajstić information content (AvgIpc) is 2.52. The van der Waals surface area contributed by atoms with Gasteiger partial charge in [-0.25, -0.2) is 9.37 Å². The van der Waals surface area contributed by atoms with Crippen molar-refractivity contribution in [2.24, 2.45) is 0 Å². The van der Waals surface area contributed by atoms with Gasteiger partial charge in [0.1, 0.15) is 5.82 Å². The summed E-state index contributed by atoms with van der Waals surface area (Å²) in [6.07, 6.45) is 4.64. The van der Waals surface area contributed by atoms with Gasteiger partial charge >= 0.3 is 0 Å². The monoisotopic (exact) mass is 286 g/mol. The van der Waals surface area contributed by atoms with E-state index in [1.54, 1.807) is 30.5 Å². The van der Waals surface area contributed by atoms with Gasteiger partial charge in [0.15, 0.2) is 0 Å². The molecular formula is C16H15FN2O2. The Hall–Kier alpha value is -2.69. The van der Waals surface area contributed by atoms with Crippen LogP contribution in [0, 0.1) is 5.82 Å². The van der Waals surface area contributed by atoms with Crippen LogP contribution in [0.15, 0.2) is 48.7 Å². The fourth-order valence-corrected chi connectivity index (χ4v) is 1.73. The number of carbonyl (C=O) groups excluding carboxylic acids is 1. The molecule has 1 aromatic carbocycles. The topological polar surface area (TPSA) is 51.2 Å². The Morgan fingerprint density at radius 1 is 1.33 bits per heavy atom. The van der Waals surface area contributed by atoms with E-state index in [1.165, 1.54) is 25.3 Å². The molecule has 0 aliphatic rings. The third kappa shape index (κ3) is 4.42. The van der Waals surface area contributed by atoms with E-state index < -0.39 is 0 Å². The van der Waals surface area contributed by atoms with Gasteiger partial charge < -0.3 is 10.1 Å². The van der Waals surface area contributed by atoms with Crippen molar-refractivity contribution < 1.29 is 13.9 Å². The number of halogens is 1.